The second-order valence-corrected chi connectivity index (χ2v) is 9.76. The Hall–Kier alpha value is -1.78. The molecule has 0 aliphatic carbocycles. The van der Waals surface area contributed by atoms with Crippen LogP contribution in [-0.2, 0) is 16.1 Å². The van der Waals surface area contributed by atoms with E-state index in [1.54, 1.807) is 12.1 Å². The van der Waals surface area contributed by atoms with E-state index in [9.17, 15) is 14.6 Å². The van der Waals surface area contributed by atoms with Crippen LogP contribution in [0.4, 0.5) is 5.69 Å². The highest BCUT2D eigenvalue weighted by Crippen LogP contribution is 2.35. The summed E-state index contributed by atoms with van der Waals surface area (Å²) in [6.07, 6.45) is 3.80. The Morgan fingerprint density at radius 3 is 2.65 bits per heavy atom. The van der Waals surface area contributed by atoms with Gasteiger partial charge in [0.1, 0.15) is 0 Å². The summed E-state index contributed by atoms with van der Waals surface area (Å²) in [6, 6.07) is 15.5. The fraction of sp³-hybridized carbons (Fsp3) is 0.480. The van der Waals surface area contributed by atoms with Crippen LogP contribution in [0.2, 0.25) is 0 Å². The molecule has 0 aromatic heterocycles. The van der Waals surface area contributed by atoms with E-state index in [1.165, 1.54) is 5.56 Å². The van der Waals surface area contributed by atoms with E-state index in [-0.39, 0.29) is 17.9 Å². The first-order valence-electron chi connectivity index (χ1n) is 11.2. The van der Waals surface area contributed by atoms with Gasteiger partial charge >= 0.3 is 0 Å². The summed E-state index contributed by atoms with van der Waals surface area (Å²) in [6.45, 7) is 7.34. The quantitative estimate of drug-likeness (QED) is 0.515. The molecular formula is C25H34NO4P. The third kappa shape index (κ3) is 6.14. The van der Waals surface area contributed by atoms with Crippen LogP contribution in [0.3, 0.4) is 0 Å². The van der Waals surface area contributed by atoms with Crippen molar-refractivity contribution in [2.45, 2.75) is 65.0 Å². The molecule has 1 saturated heterocycles. The van der Waals surface area contributed by atoms with Gasteiger partial charge < -0.3 is 19.4 Å². The van der Waals surface area contributed by atoms with Crippen LogP contribution in [0, 0.1) is 5.92 Å². The van der Waals surface area contributed by atoms with Gasteiger partial charge in [-0.2, -0.15) is 0 Å². The predicted octanol–water partition coefficient (Wildman–Crippen LogP) is 4.86. The molecule has 2 aromatic carbocycles. The second kappa shape index (κ2) is 11.2. The molecule has 168 valence electrons. The summed E-state index contributed by atoms with van der Waals surface area (Å²) in [5.41, 5.74) is 3.08. The molecule has 31 heavy (non-hydrogen) atoms. The SMILES string of the molecule is CCCCC1CC(=O)N(c2cccc(C(C)C)c2)C1COCc1cccc(P(O)O)c1. The standard InChI is InChI=1S/C25H34NO4P/c1-4-5-9-21-15-25(27)26(22-11-7-10-20(14-22)18(2)3)24(21)17-30-16-19-8-6-12-23(13-19)31(28)29/h6-8,10-14,18,21,24,28-29H,4-5,9,15-17H2,1-3H3. The van der Waals surface area contributed by atoms with Gasteiger partial charge in [-0.3, -0.25) is 4.79 Å². The van der Waals surface area contributed by atoms with Gasteiger partial charge in [0.05, 0.1) is 19.3 Å². The molecule has 5 nitrogen and oxygen atoms in total. The summed E-state index contributed by atoms with van der Waals surface area (Å²) < 4.78 is 6.08. The number of hydrogen-bond acceptors (Lipinski definition) is 4. The van der Waals surface area contributed by atoms with E-state index < -0.39 is 8.38 Å². The summed E-state index contributed by atoms with van der Waals surface area (Å²) in [5.74, 6) is 0.854. The van der Waals surface area contributed by atoms with E-state index in [1.807, 2.05) is 29.2 Å². The lowest BCUT2D eigenvalue weighted by molar-refractivity contribution is -0.117. The molecule has 0 saturated carbocycles. The molecule has 1 amide bonds. The summed E-state index contributed by atoms with van der Waals surface area (Å²) in [5, 5.41) is 0.514. The van der Waals surface area contributed by atoms with Gasteiger partial charge in [0.2, 0.25) is 5.91 Å². The fourth-order valence-corrected chi connectivity index (χ4v) is 4.76. The fourth-order valence-electron chi connectivity index (χ4n) is 4.26. The minimum Gasteiger partial charge on any atom is -0.375 e. The molecule has 2 N–H and O–H groups in total. The topological polar surface area (TPSA) is 70.0 Å². The maximum Gasteiger partial charge on any atom is 0.227 e. The monoisotopic (exact) mass is 443 g/mol. The van der Waals surface area contributed by atoms with Crippen molar-refractivity contribution in [1.29, 1.82) is 0 Å². The van der Waals surface area contributed by atoms with Crippen LogP contribution in [0.5, 0.6) is 0 Å². The number of nitrogens with zero attached hydrogens (tertiary/aromatic N) is 1. The first kappa shape index (κ1) is 23.9. The number of anilines is 1. The average Bonchev–Trinajstić information content (AvgIpc) is 3.07. The average molecular weight is 444 g/mol. The zero-order valence-corrected chi connectivity index (χ0v) is 19.6. The molecule has 1 aliphatic rings. The van der Waals surface area contributed by atoms with E-state index in [0.29, 0.717) is 30.9 Å². The van der Waals surface area contributed by atoms with Crippen LogP contribution in [0.15, 0.2) is 48.5 Å². The molecule has 2 aromatic rings. The van der Waals surface area contributed by atoms with Crippen LogP contribution < -0.4 is 10.2 Å². The number of ether oxygens (including phenoxy) is 1. The highest BCUT2D eigenvalue weighted by Gasteiger charge is 2.40. The highest BCUT2D eigenvalue weighted by atomic mass is 31.2. The van der Waals surface area contributed by atoms with E-state index in [4.69, 9.17) is 4.74 Å². The van der Waals surface area contributed by atoms with Crippen molar-refractivity contribution >= 4 is 25.3 Å². The predicted molar refractivity (Wildman–Crippen MR) is 127 cm³/mol. The molecule has 2 atom stereocenters. The Bertz CT molecular complexity index is 870. The van der Waals surface area contributed by atoms with E-state index in [2.05, 4.69) is 32.9 Å². The Kier molecular flexibility index (Phi) is 8.62. The lowest BCUT2D eigenvalue weighted by Crippen LogP contribution is -2.39. The zero-order chi connectivity index (χ0) is 22.4. The number of carbonyl (C=O) groups is 1. The molecule has 2 unspecified atom stereocenters. The lowest BCUT2D eigenvalue weighted by Gasteiger charge is -2.29. The molecule has 0 radical (unpaired) electrons. The van der Waals surface area contributed by atoms with Crippen molar-refractivity contribution in [3.63, 3.8) is 0 Å². The zero-order valence-electron chi connectivity index (χ0n) is 18.7. The van der Waals surface area contributed by atoms with Gasteiger partial charge in [0, 0.05) is 17.4 Å². The molecule has 0 spiro atoms. The minimum atomic E-state index is -2.11. The number of unbranched alkanes of at least 4 members (excludes halogenated alkanes) is 1. The number of carbonyl (C=O) groups excluding carboxylic acids is 1. The molecular weight excluding hydrogens is 409 g/mol. The van der Waals surface area contributed by atoms with Gasteiger partial charge in [-0.15, -0.1) is 0 Å². The highest BCUT2D eigenvalue weighted by molar-refractivity contribution is 7.54. The van der Waals surface area contributed by atoms with Crippen LogP contribution >= 0.6 is 8.38 Å². The first-order valence-corrected chi connectivity index (χ1v) is 12.4. The Balaban J connectivity index is 1.76. The van der Waals surface area contributed by atoms with Gasteiger partial charge in [-0.25, -0.2) is 0 Å². The van der Waals surface area contributed by atoms with Crippen molar-refractivity contribution < 1.29 is 19.3 Å². The van der Waals surface area contributed by atoms with E-state index in [0.717, 1.165) is 30.5 Å². The molecule has 6 heteroatoms. The van der Waals surface area contributed by atoms with Gasteiger partial charge in [0.25, 0.3) is 0 Å². The van der Waals surface area contributed by atoms with Crippen molar-refractivity contribution in [3.8, 4) is 0 Å². The van der Waals surface area contributed by atoms with Crippen molar-refractivity contribution in [3.05, 3.63) is 59.7 Å². The normalized spacial score (nSPS) is 19.1. The van der Waals surface area contributed by atoms with Crippen LogP contribution in [-0.4, -0.2) is 28.3 Å². The van der Waals surface area contributed by atoms with Crippen LogP contribution in [0.1, 0.15) is 63.5 Å². The minimum absolute atomic E-state index is 0.0115. The summed E-state index contributed by atoms with van der Waals surface area (Å²) in [4.78, 5) is 33.9. The molecule has 1 fully saturated rings. The number of amides is 1. The molecule has 0 bridgehead atoms. The van der Waals surface area contributed by atoms with Crippen molar-refractivity contribution in [1.82, 2.24) is 0 Å². The lowest BCUT2D eigenvalue weighted by atomic mass is 9.94. The third-order valence-corrected chi connectivity index (χ3v) is 6.76. The van der Waals surface area contributed by atoms with Crippen molar-refractivity contribution in [2.75, 3.05) is 11.5 Å². The Morgan fingerprint density at radius 1 is 1.16 bits per heavy atom. The molecule has 1 heterocycles. The summed E-state index contributed by atoms with van der Waals surface area (Å²) in [7, 11) is -2.11. The molecule has 1 aliphatic heterocycles. The first-order chi connectivity index (χ1) is 14.9. The van der Waals surface area contributed by atoms with Gasteiger partial charge in [-0.1, -0.05) is 57.9 Å². The number of hydrogen-bond donors (Lipinski definition) is 2. The Morgan fingerprint density at radius 2 is 1.94 bits per heavy atom. The maximum absolute atomic E-state index is 13.0. The number of rotatable bonds is 10. The summed E-state index contributed by atoms with van der Waals surface area (Å²) >= 11 is 0. The van der Waals surface area contributed by atoms with Gasteiger partial charge in [-0.05, 0) is 53.6 Å². The number of benzene rings is 2. The maximum atomic E-state index is 13.0. The van der Waals surface area contributed by atoms with Crippen LogP contribution in [0.25, 0.3) is 0 Å². The Labute approximate surface area is 187 Å². The molecule has 3 rings (SSSR count). The van der Waals surface area contributed by atoms with Gasteiger partial charge in [0.15, 0.2) is 8.38 Å². The van der Waals surface area contributed by atoms with E-state index >= 15 is 0 Å². The van der Waals surface area contributed by atoms with Crippen molar-refractivity contribution in [2.24, 2.45) is 5.92 Å². The largest absolute Gasteiger partial charge is 0.375 e. The second-order valence-electron chi connectivity index (χ2n) is 8.66. The third-order valence-electron chi connectivity index (χ3n) is 6.02. The smallest absolute Gasteiger partial charge is 0.227 e.